The molecule has 1 aromatic carbocycles. The number of hydrogen-bond donors (Lipinski definition) is 0. The summed E-state index contributed by atoms with van der Waals surface area (Å²) in [6, 6.07) is 10.8. The lowest BCUT2D eigenvalue weighted by molar-refractivity contribution is -0.539. The number of rotatable bonds is 1. The first-order valence-electron chi connectivity index (χ1n) is 8.09. The molecule has 1 aromatic heterocycles. The van der Waals surface area contributed by atoms with Gasteiger partial charge in [0.1, 0.15) is 5.54 Å². The highest BCUT2D eigenvalue weighted by Gasteiger charge is 2.59. The second-order valence-electron chi connectivity index (χ2n) is 7.10. The Bertz CT molecular complexity index is 890. The molecule has 0 fully saturated rings. The van der Waals surface area contributed by atoms with E-state index in [4.69, 9.17) is 0 Å². The lowest BCUT2D eigenvalue weighted by atomic mass is 9.84. The van der Waals surface area contributed by atoms with E-state index < -0.39 is 11.1 Å². The molecule has 0 atom stereocenters. The van der Waals surface area contributed by atoms with Crippen molar-refractivity contribution in [3.05, 3.63) is 70.7 Å². The van der Waals surface area contributed by atoms with Gasteiger partial charge in [-0.1, -0.05) is 23.0 Å². The lowest BCUT2D eigenvalue weighted by Crippen LogP contribution is -2.53. The van der Waals surface area contributed by atoms with Crippen LogP contribution in [-0.2, 0) is 5.21 Å². The minimum Gasteiger partial charge on any atom is -0.714 e. The lowest BCUT2D eigenvalue weighted by Gasteiger charge is -2.32. The summed E-state index contributed by atoms with van der Waals surface area (Å²) in [7, 11) is 0. The first-order valence-corrected chi connectivity index (χ1v) is 8.09. The Hall–Kier alpha value is -2.84. The van der Waals surface area contributed by atoms with Gasteiger partial charge in [-0.3, -0.25) is 9.72 Å². The molecule has 0 amide bonds. The molecule has 5 nitrogen and oxygen atoms in total. The minimum atomic E-state index is -0.831. The van der Waals surface area contributed by atoms with Crippen molar-refractivity contribution < 1.29 is 9.95 Å². The second kappa shape index (κ2) is 5.91. The van der Waals surface area contributed by atoms with Crippen LogP contribution in [0.1, 0.15) is 44.4 Å². The van der Waals surface area contributed by atoms with E-state index in [2.05, 4.69) is 16.8 Å². The maximum absolute atomic E-state index is 12.7. The Morgan fingerprint density at radius 2 is 1.68 bits per heavy atom. The molecule has 0 saturated heterocycles. The Morgan fingerprint density at radius 1 is 1.04 bits per heavy atom. The number of aromatic nitrogens is 1. The third kappa shape index (κ3) is 2.75. The zero-order valence-electron chi connectivity index (χ0n) is 14.8. The molecule has 0 bridgehead atoms. The van der Waals surface area contributed by atoms with Gasteiger partial charge in [-0.2, -0.15) is 0 Å². The Morgan fingerprint density at radius 3 is 2.28 bits per heavy atom. The van der Waals surface area contributed by atoms with E-state index in [0.29, 0.717) is 5.56 Å². The molecular formula is C20H20N3O2. The first-order chi connectivity index (χ1) is 11.7. The molecule has 0 aliphatic carbocycles. The van der Waals surface area contributed by atoms with Crippen molar-refractivity contribution in [1.82, 2.24) is 10.0 Å². The van der Waals surface area contributed by atoms with Crippen molar-refractivity contribution in [3.8, 4) is 11.8 Å². The number of hydrogen-bond acceptors (Lipinski definition) is 3. The molecule has 5 heteroatoms. The second-order valence-corrected chi connectivity index (χ2v) is 7.10. The fourth-order valence-corrected chi connectivity index (χ4v) is 2.66. The first kappa shape index (κ1) is 17.0. The van der Waals surface area contributed by atoms with E-state index >= 15 is 0 Å². The highest BCUT2D eigenvalue weighted by Crippen LogP contribution is 2.37. The molecule has 2 heterocycles. The van der Waals surface area contributed by atoms with Gasteiger partial charge in [-0.05, 0) is 58.0 Å². The molecular weight excluding hydrogens is 314 g/mol. The average molecular weight is 334 g/mol. The largest absolute Gasteiger partial charge is 0.714 e. The molecule has 0 spiro atoms. The Kier molecular flexibility index (Phi) is 4.02. The normalized spacial score (nSPS) is 18.0. The van der Waals surface area contributed by atoms with Crippen molar-refractivity contribution >= 4 is 5.84 Å². The van der Waals surface area contributed by atoms with Gasteiger partial charge in [-0.25, -0.2) is 0 Å². The number of nitrogens with zero attached hydrogens (tertiary/aromatic N) is 3. The van der Waals surface area contributed by atoms with Crippen LogP contribution >= 0.6 is 0 Å². The van der Waals surface area contributed by atoms with E-state index in [1.165, 1.54) is 0 Å². The quantitative estimate of drug-likeness (QED) is 0.458. The molecule has 0 N–H and O–H groups in total. The molecule has 25 heavy (non-hydrogen) atoms. The number of amidine groups is 1. The maximum Gasteiger partial charge on any atom is 0.316 e. The van der Waals surface area contributed by atoms with Gasteiger partial charge < -0.3 is 5.21 Å². The number of hydroxylamine groups is 3. The zero-order valence-corrected chi connectivity index (χ0v) is 14.8. The summed E-state index contributed by atoms with van der Waals surface area (Å²) in [5.74, 6) is 6.24. The van der Waals surface area contributed by atoms with Crippen molar-refractivity contribution in [1.29, 1.82) is 0 Å². The summed E-state index contributed by atoms with van der Waals surface area (Å²) in [5.41, 5.74) is 0.509. The van der Waals surface area contributed by atoms with Crippen LogP contribution in [0.4, 0.5) is 0 Å². The molecule has 0 unspecified atom stereocenters. The monoisotopic (exact) mass is 334 g/mol. The summed E-state index contributed by atoms with van der Waals surface area (Å²) in [5, 5.41) is 26.3. The smallest absolute Gasteiger partial charge is 0.316 e. The van der Waals surface area contributed by atoms with Crippen molar-refractivity contribution in [2.75, 3.05) is 0 Å². The summed E-state index contributed by atoms with van der Waals surface area (Å²) in [6.07, 6.45) is 3.37. The van der Waals surface area contributed by atoms with Crippen molar-refractivity contribution in [3.63, 3.8) is 0 Å². The topological polar surface area (TPSA) is 62.1 Å². The van der Waals surface area contributed by atoms with E-state index in [1.54, 1.807) is 58.3 Å². The van der Waals surface area contributed by atoms with Gasteiger partial charge in [-0.15, -0.1) is 0 Å². The SMILES string of the molecule is CC1(C)N([O])C(c2cccc(C#Cc3ccncc3)c2)=[N+]([O-])C1(C)C. The molecule has 3 rings (SSSR count). The molecule has 2 aromatic rings. The van der Waals surface area contributed by atoms with E-state index in [9.17, 15) is 10.4 Å². The zero-order chi connectivity index (χ0) is 18.2. The highest BCUT2D eigenvalue weighted by molar-refractivity contribution is 5.96. The Labute approximate surface area is 147 Å². The standard InChI is InChI=1S/C20H20N3O2/c1-19(2)20(3,4)23(25)18(22(19)24)17-7-5-6-16(14-17)9-8-15-10-12-21-13-11-15/h5-7,10-14H,1-4H3. The van der Waals surface area contributed by atoms with E-state index in [1.807, 2.05) is 18.2 Å². The molecule has 0 saturated carbocycles. The van der Waals surface area contributed by atoms with Crippen LogP contribution in [-0.4, -0.2) is 31.7 Å². The predicted octanol–water partition coefficient (Wildman–Crippen LogP) is 2.96. The van der Waals surface area contributed by atoms with E-state index in [-0.39, 0.29) is 5.84 Å². The average Bonchev–Trinajstić information content (AvgIpc) is 2.72. The van der Waals surface area contributed by atoms with Crippen LogP contribution in [0.25, 0.3) is 0 Å². The van der Waals surface area contributed by atoms with Crippen LogP contribution in [0.2, 0.25) is 0 Å². The van der Waals surface area contributed by atoms with Gasteiger partial charge in [0.2, 0.25) is 0 Å². The van der Waals surface area contributed by atoms with Gasteiger partial charge in [0.25, 0.3) is 0 Å². The van der Waals surface area contributed by atoms with Gasteiger partial charge in [0, 0.05) is 28.7 Å². The third-order valence-corrected chi connectivity index (χ3v) is 5.05. The van der Waals surface area contributed by atoms with Gasteiger partial charge in [0.05, 0.1) is 5.56 Å². The third-order valence-electron chi connectivity index (χ3n) is 5.05. The molecule has 1 radical (unpaired) electrons. The van der Waals surface area contributed by atoms with E-state index in [0.717, 1.165) is 20.9 Å². The van der Waals surface area contributed by atoms with Gasteiger partial charge in [0.15, 0.2) is 5.54 Å². The van der Waals surface area contributed by atoms with Crippen LogP contribution in [0.3, 0.4) is 0 Å². The number of pyridine rings is 1. The van der Waals surface area contributed by atoms with Crippen molar-refractivity contribution in [2.45, 2.75) is 38.8 Å². The summed E-state index contributed by atoms with van der Waals surface area (Å²) in [4.78, 5) is 3.96. The van der Waals surface area contributed by atoms with Crippen LogP contribution in [0, 0.1) is 17.0 Å². The molecule has 1 aliphatic rings. The highest BCUT2D eigenvalue weighted by atomic mass is 16.5. The van der Waals surface area contributed by atoms with Crippen molar-refractivity contribution in [2.24, 2.45) is 0 Å². The number of benzene rings is 1. The van der Waals surface area contributed by atoms with Crippen LogP contribution in [0.5, 0.6) is 0 Å². The minimum absolute atomic E-state index is 0.127. The summed E-state index contributed by atoms with van der Waals surface area (Å²) in [6.45, 7) is 7.13. The van der Waals surface area contributed by atoms with Gasteiger partial charge >= 0.3 is 5.84 Å². The molecule has 1 aliphatic heterocycles. The summed E-state index contributed by atoms with van der Waals surface area (Å²) >= 11 is 0. The molecule has 127 valence electrons. The van der Waals surface area contributed by atoms with Crippen LogP contribution < -0.4 is 0 Å². The fourth-order valence-electron chi connectivity index (χ4n) is 2.66. The summed E-state index contributed by atoms with van der Waals surface area (Å²) < 4.78 is 0.815. The predicted molar refractivity (Wildman–Crippen MR) is 95.1 cm³/mol. The Balaban J connectivity index is 2.01. The van der Waals surface area contributed by atoms with Crippen LogP contribution in [0.15, 0.2) is 48.8 Å². The maximum atomic E-state index is 12.7. The fraction of sp³-hybridized carbons (Fsp3) is 0.300.